The van der Waals surface area contributed by atoms with Crippen LogP contribution in [0.4, 0.5) is 5.69 Å². The molecule has 0 bridgehead atoms. The summed E-state index contributed by atoms with van der Waals surface area (Å²) in [5.74, 6) is 0.0692. The molecule has 2 aromatic carbocycles. The second-order valence-electron chi connectivity index (χ2n) is 6.03. The summed E-state index contributed by atoms with van der Waals surface area (Å²) in [4.78, 5) is 24.0. The highest BCUT2D eigenvalue weighted by Crippen LogP contribution is 2.25. The van der Waals surface area contributed by atoms with Crippen molar-refractivity contribution in [1.29, 1.82) is 0 Å². The molecule has 0 unspecified atom stereocenters. The summed E-state index contributed by atoms with van der Waals surface area (Å²) in [7, 11) is 0. The van der Waals surface area contributed by atoms with E-state index < -0.39 is 0 Å². The van der Waals surface area contributed by atoms with Crippen LogP contribution in [0.15, 0.2) is 48.5 Å². The summed E-state index contributed by atoms with van der Waals surface area (Å²) in [6, 6.07) is 15.4. The lowest BCUT2D eigenvalue weighted by Gasteiger charge is -2.07. The zero-order valence-electron chi connectivity index (χ0n) is 13.2. The monoisotopic (exact) mass is 307 g/mol. The molecule has 3 rings (SSSR count). The van der Waals surface area contributed by atoms with Gasteiger partial charge in [-0.1, -0.05) is 36.4 Å². The zero-order valence-corrected chi connectivity index (χ0v) is 13.2. The van der Waals surface area contributed by atoms with Gasteiger partial charge in [0, 0.05) is 24.1 Å². The number of nitrogens with one attached hydrogen (secondary N) is 1. The SMILES string of the molecule is O=C(CCCC(=O)c1ccccc1)Nc1ccc2c(c1)CCC2. The average molecular weight is 307 g/mol. The van der Waals surface area contributed by atoms with E-state index in [1.807, 2.05) is 36.4 Å². The van der Waals surface area contributed by atoms with Crippen molar-refractivity contribution in [3.63, 3.8) is 0 Å². The Morgan fingerprint density at radius 2 is 1.70 bits per heavy atom. The quantitative estimate of drug-likeness (QED) is 0.814. The van der Waals surface area contributed by atoms with Crippen LogP contribution in [0, 0.1) is 0 Å². The van der Waals surface area contributed by atoms with Gasteiger partial charge < -0.3 is 5.32 Å². The van der Waals surface area contributed by atoms with E-state index in [4.69, 9.17) is 0 Å². The molecule has 1 N–H and O–H groups in total. The van der Waals surface area contributed by atoms with Gasteiger partial charge >= 0.3 is 0 Å². The van der Waals surface area contributed by atoms with Crippen LogP contribution in [0.1, 0.15) is 47.2 Å². The van der Waals surface area contributed by atoms with Gasteiger partial charge in [0.15, 0.2) is 5.78 Å². The van der Waals surface area contributed by atoms with Crippen molar-refractivity contribution < 1.29 is 9.59 Å². The number of aryl methyl sites for hydroxylation is 2. The van der Waals surface area contributed by atoms with Crippen molar-refractivity contribution in [2.75, 3.05) is 5.32 Å². The molecular weight excluding hydrogens is 286 g/mol. The highest BCUT2D eigenvalue weighted by Gasteiger charge is 2.12. The molecule has 0 radical (unpaired) electrons. The van der Waals surface area contributed by atoms with Crippen molar-refractivity contribution in [2.24, 2.45) is 0 Å². The molecule has 2 aromatic rings. The summed E-state index contributed by atoms with van der Waals surface area (Å²) >= 11 is 0. The maximum atomic E-state index is 12.0. The zero-order chi connectivity index (χ0) is 16.1. The number of rotatable bonds is 6. The van der Waals surface area contributed by atoms with Gasteiger partial charge in [-0.2, -0.15) is 0 Å². The third-order valence-electron chi connectivity index (χ3n) is 4.29. The summed E-state index contributed by atoms with van der Waals surface area (Å²) < 4.78 is 0. The lowest BCUT2D eigenvalue weighted by molar-refractivity contribution is -0.116. The first-order chi connectivity index (χ1) is 11.2. The highest BCUT2D eigenvalue weighted by atomic mass is 16.1. The number of carbonyl (C=O) groups is 2. The van der Waals surface area contributed by atoms with E-state index in [1.165, 1.54) is 17.5 Å². The molecule has 3 heteroatoms. The van der Waals surface area contributed by atoms with Gasteiger partial charge in [-0.15, -0.1) is 0 Å². The standard InChI is InChI=1S/C20H21NO2/c22-19(16-6-2-1-3-7-16)10-5-11-20(23)21-18-13-12-15-8-4-9-17(15)14-18/h1-3,6-7,12-14H,4-5,8-11H2,(H,21,23). The molecule has 0 saturated carbocycles. The second kappa shape index (κ2) is 7.23. The number of hydrogen-bond acceptors (Lipinski definition) is 2. The summed E-state index contributed by atoms with van der Waals surface area (Å²) in [5.41, 5.74) is 4.33. The number of benzene rings is 2. The molecule has 23 heavy (non-hydrogen) atoms. The van der Waals surface area contributed by atoms with Crippen LogP contribution in [0.2, 0.25) is 0 Å². The van der Waals surface area contributed by atoms with Gasteiger partial charge in [0.1, 0.15) is 0 Å². The molecule has 118 valence electrons. The average Bonchev–Trinajstić information content (AvgIpc) is 3.03. The van der Waals surface area contributed by atoms with Gasteiger partial charge in [-0.05, 0) is 48.9 Å². The molecule has 0 aromatic heterocycles. The Kier molecular flexibility index (Phi) is 4.86. The lowest BCUT2D eigenvalue weighted by Crippen LogP contribution is -2.12. The van der Waals surface area contributed by atoms with Crippen LogP contribution in [-0.2, 0) is 17.6 Å². The number of fused-ring (bicyclic) bond motifs is 1. The van der Waals surface area contributed by atoms with Crippen LogP contribution in [0.3, 0.4) is 0 Å². The van der Waals surface area contributed by atoms with Gasteiger partial charge in [-0.3, -0.25) is 9.59 Å². The molecule has 3 nitrogen and oxygen atoms in total. The summed E-state index contributed by atoms with van der Waals surface area (Å²) in [5, 5.41) is 2.93. The summed E-state index contributed by atoms with van der Waals surface area (Å²) in [6.45, 7) is 0. The van der Waals surface area contributed by atoms with Gasteiger partial charge in [0.2, 0.25) is 5.91 Å². The largest absolute Gasteiger partial charge is 0.326 e. The fraction of sp³-hybridized carbons (Fsp3) is 0.300. The Morgan fingerprint density at radius 1 is 0.913 bits per heavy atom. The van der Waals surface area contributed by atoms with E-state index in [1.54, 1.807) is 0 Å². The number of Topliss-reactive ketones (excluding diaryl/α,β-unsaturated/α-hetero) is 1. The van der Waals surface area contributed by atoms with Crippen LogP contribution in [0.5, 0.6) is 0 Å². The number of amides is 1. The first kappa shape index (κ1) is 15.5. The highest BCUT2D eigenvalue weighted by molar-refractivity contribution is 5.96. The van der Waals surface area contributed by atoms with Crippen molar-refractivity contribution >= 4 is 17.4 Å². The van der Waals surface area contributed by atoms with Gasteiger partial charge in [0.25, 0.3) is 0 Å². The maximum Gasteiger partial charge on any atom is 0.224 e. The van der Waals surface area contributed by atoms with Gasteiger partial charge in [0.05, 0.1) is 0 Å². The molecule has 1 aliphatic carbocycles. The van der Waals surface area contributed by atoms with Crippen molar-refractivity contribution in [1.82, 2.24) is 0 Å². The molecule has 0 fully saturated rings. The third kappa shape index (κ3) is 4.07. The number of carbonyl (C=O) groups excluding carboxylic acids is 2. The summed E-state index contributed by atoms with van der Waals surface area (Å²) in [6.07, 6.45) is 4.80. The molecule has 1 aliphatic rings. The van der Waals surface area contributed by atoms with Crippen molar-refractivity contribution in [3.8, 4) is 0 Å². The van der Waals surface area contributed by atoms with E-state index in [0.717, 1.165) is 18.5 Å². The number of anilines is 1. The Labute approximate surface area is 136 Å². The molecule has 0 aliphatic heterocycles. The maximum absolute atomic E-state index is 12.0. The molecule has 0 saturated heterocycles. The molecule has 0 atom stereocenters. The number of ketones is 1. The predicted octanol–water partition coefficient (Wildman–Crippen LogP) is 4.17. The predicted molar refractivity (Wildman–Crippen MR) is 91.7 cm³/mol. The van der Waals surface area contributed by atoms with Crippen molar-refractivity contribution in [3.05, 3.63) is 65.2 Å². The first-order valence-electron chi connectivity index (χ1n) is 8.22. The fourth-order valence-electron chi connectivity index (χ4n) is 3.05. The van der Waals surface area contributed by atoms with E-state index in [2.05, 4.69) is 17.4 Å². The minimum absolute atomic E-state index is 0.0243. The topological polar surface area (TPSA) is 46.2 Å². The normalized spacial score (nSPS) is 12.7. The van der Waals surface area contributed by atoms with Crippen molar-refractivity contribution in [2.45, 2.75) is 38.5 Å². The Bertz CT molecular complexity index is 707. The van der Waals surface area contributed by atoms with Crippen LogP contribution >= 0.6 is 0 Å². The third-order valence-corrected chi connectivity index (χ3v) is 4.29. The van der Waals surface area contributed by atoms with E-state index in [9.17, 15) is 9.59 Å². The van der Waals surface area contributed by atoms with Gasteiger partial charge in [-0.25, -0.2) is 0 Å². The molecular formula is C20H21NO2. The molecule has 0 heterocycles. The van der Waals surface area contributed by atoms with E-state index >= 15 is 0 Å². The second-order valence-corrected chi connectivity index (χ2v) is 6.03. The fourth-order valence-corrected chi connectivity index (χ4v) is 3.05. The van der Waals surface area contributed by atoms with Crippen LogP contribution in [0.25, 0.3) is 0 Å². The smallest absolute Gasteiger partial charge is 0.224 e. The van der Waals surface area contributed by atoms with E-state index in [-0.39, 0.29) is 11.7 Å². The molecule has 0 spiro atoms. The van der Waals surface area contributed by atoms with E-state index in [0.29, 0.717) is 24.8 Å². The Hall–Kier alpha value is -2.42. The lowest BCUT2D eigenvalue weighted by atomic mass is 10.1. The minimum Gasteiger partial charge on any atom is -0.326 e. The Balaban J connectivity index is 1.46. The first-order valence-corrected chi connectivity index (χ1v) is 8.22. The number of hydrogen-bond donors (Lipinski definition) is 1. The Morgan fingerprint density at radius 3 is 2.52 bits per heavy atom. The minimum atomic E-state index is -0.0243. The van der Waals surface area contributed by atoms with Crippen LogP contribution < -0.4 is 5.32 Å². The molecule has 1 amide bonds. The van der Waals surface area contributed by atoms with Crippen LogP contribution in [-0.4, -0.2) is 11.7 Å².